The zero-order valence-electron chi connectivity index (χ0n) is 38.4. The summed E-state index contributed by atoms with van der Waals surface area (Å²) in [7, 11) is 0. The topological polar surface area (TPSA) is 6.48 Å². The van der Waals surface area contributed by atoms with Crippen LogP contribution in [-0.2, 0) is 10.8 Å². The van der Waals surface area contributed by atoms with E-state index in [-0.39, 0.29) is 12.1 Å². The molecule has 0 saturated heterocycles. The molecule has 0 atom stereocenters. The number of hydrogen-bond donors (Lipinski definition) is 0. The zero-order valence-corrected chi connectivity index (χ0v) is 38.4. The molecule has 3 heteroatoms. The molecule has 2 heterocycles. The minimum Gasteiger partial charge on any atom is -0.311 e. The van der Waals surface area contributed by atoms with Gasteiger partial charge in [-0.2, -0.15) is 0 Å². The Morgan fingerprint density at radius 1 is 0.338 bits per heavy atom. The highest BCUT2D eigenvalue weighted by atomic mass is 15.2. The van der Waals surface area contributed by atoms with E-state index in [2.05, 4.69) is 261 Å². The molecule has 0 unspecified atom stereocenters. The fourth-order valence-corrected chi connectivity index (χ4v) is 12.4. The normalized spacial score (nSPS) is 14.1. The van der Waals surface area contributed by atoms with Crippen LogP contribution in [0.1, 0.15) is 48.6 Å². The molecule has 10 aromatic rings. The second kappa shape index (κ2) is 14.4. The fourth-order valence-electron chi connectivity index (χ4n) is 12.4. The van der Waals surface area contributed by atoms with Crippen molar-refractivity contribution in [1.82, 2.24) is 0 Å². The number of para-hydroxylation sites is 1. The Morgan fingerprint density at radius 3 is 1.46 bits per heavy atom. The lowest BCUT2D eigenvalue weighted by atomic mass is 9.33. The number of fused-ring (bicyclic) bond motifs is 14. The summed E-state index contributed by atoms with van der Waals surface area (Å²) in [4.78, 5) is 5.16. The average Bonchev–Trinajstić information content (AvgIpc) is 3.85. The smallest absolute Gasteiger partial charge is 0.252 e. The Kier molecular flexibility index (Phi) is 8.29. The van der Waals surface area contributed by atoms with E-state index in [1.165, 1.54) is 111 Å². The Balaban J connectivity index is 1.04. The van der Waals surface area contributed by atoms with Gasteiger partial charge in [0.2, 0.25) is 0 Å². The van der Waals surface area contributed by atoms with E-state index in [1.54, 1.807) is 0 Å². The van der Waals surface area contributed by atoms with Gasteiger partial charge in [0.1, 0.15) is 0 Å². The third-order valence-electron chi connectivity index (χ3n) is 15.4. The SMILES string of the molecule is CC(C)(C)c1cc2c3c(c1)N(c1cccc(-c4ccccc4)c1)c1cc(-c4ccccc4)ccc1B3c1ccccc1N2c1ccc2c(c1)-c1ccccc1C21c2ccccc2-c2ccccc21. The summed E-state index contributed by atoms with van der Waals surface area (Å²) >= 11 is 0. The lowest BCUT2D eigenvalue weighted by molar-refractivity contribution is 0.590. The van der Waals surface area contributed by atoms with E-state index < -0.39 is 5.41 Å². The van der Waals surface area contributed by atoms with Gasteiger partial charge in [0.05, 0.1) is 5.41 Å². The predicted molar refractivity (Wildman–Crippen MR) is 286 cm³/mol. The zero-order chi connectivity index (χ0) is 45.3. The van der Waals surface area contributed by atoms with Crippen LogP contribution in [0.5, 0.6) is 0 Å². The molecule has 2 aliphatic carbocycles. The van der Waals surface area contributed by atoms with Crippen molar-refractivity contribution in [3.05, 3.63) is 258 Å². The van der Waals surface area contributed by atoms with Crippen LogP contribution >= 0.6 is 0 Å². The van der Waals surface area contributed by atoms with Gasteiger partial charge in [-0.3, -0.25) is 0 Å². The van der Waals surface area contributed by atoms with E-state index >= 15 is 0 Å². The van der Waals surface area contributed by atoms with Gasteiger partial charge in [-0.25, -0.2) is 0 Å². The molecule has 0 saturated carbocycles. The van der Waals surface area contributed by atoms with Crippen molar-refractivity contribution in [3.63, 3.8) is 0 Å². The maximum absolute atomic E-state index is 2.59. The van der Waals surface area contributed by atoms with Crippen LogP contribution < -0.4 is 26.2 Å². The van der Waals surface area contributed by atoms with E-state index in [0.29, 0.717) is 0 Å². The first-order valence-corrected chi connectivity index (χ1v) is 24.0. The molecule has 2 nitrogen and oxygen atoms in total. The molecule has 2 aliphatic heterocycles. The highest BCUT2D eigenvalue weighted by Crippen LogP contribution is 2.63. The Hall–Kier alpha value is -8.14. The lowest BCUT2D eigenvalue weighted by Crippen LogP contribution is -2.61. The van der Waals surface area contributed by atoms with E-state index in [9.17, 15) is 0 Å². The third kappa shape index (κ3) is 5.42. The van der Waals surface area contributed by atoms with Crippen LogP contribution in [0.15, 0.2) is 231 Å². The quantitative estimate of drug-likeness (QED) is 0.163. The summed E-state index contributed by atoms with van der Waals surface area (Å²) in [6, 6.07) is 86.8. The van der Waals surface area contributed by atoms with Crippen LogP contribution in [0.25, 0.3) is 44.5 Å². The molecule has 0 fully saturated rings. The predicted octanol–water partition coefficient (Wildman–Crippen LogP) is 14.7. The largest absolute Gasteiger partial charge is 0.311 e. The molecule has 0 N–H and O–H groups in total. The Morgan fingerprint density at radius 2 is 0.824 bits per heavy atom. The second-order valence-corrected chi connectivity index (χ2v) is 20.0. The maximum Gasteiger partial charge on any atom is 0.252 e. The van der Waals surface area contributed by atoms with Crippen molar-refractivity contribution in [2.24, 2.45) is 0 Å². The second-order valence-electron chi connectivity index (χ2n) is 20.0. The van der Waals surface area contributed by atoms with Gasteiger partial charge in [-0.05, 0) is 143 Å². The van der Waals surface area contributed by atoms with Crippen LogP contribution in [0.4, 0.5) is 34.1 Å². The molecular formula is C65H47BN2. The number of benzene rings is 10. The van der Waals surface area contributed by atoms with E-state index in [1.807, 2.05) is 0 Å². The maximum atomic E-state index is 2.59. The molecule has 14 rings (SSSR count). The molecular weight excluding hydrogens is 820 g/mol. The summed E-state index contributed by atoms with van der Waals surface area (Å²) in [6.07, 6.45) is 0. The van der Waals surface area contributed by atoms with Crippen molar-refractivity contribution in [3.8, 4) is 44.5 Å². The molecule has 0 amide bonds. The fraction of sp³-hybridized carbons (Fsp3) is 0.0769. The Labute approximate surface area is 399 Å². The molecule has 4 aliphatic rings. The van der Waals surface area contributed by atoms with Crippen molar-refractivity contribution >= 4 is 57.2 Å². The molecule has 1 spiro atoms. The Bertz CT molecular complexity index is 3650. The van der Waals surface area contributed by atoms with Crippen LogP contribution in [0, 0.1) is 0 Å². The molecule has 10 aromatic carbocycles. The van der Waals surface area contributed by atoms with Crippen molar-refractivity contribution in [1.29, 1.82) is 0 Å². The number of hydrogen-bond acceptors (Lipinski definition) is 2. The van der Waals surface area contributed by atoms with Crippen molar-refractivity contribution < 1.29 is 0 Å². The molecule has 0 bridgehead atoms. The van der Waals surface area contributed by atoms with Gasteiger partial charge >= 0.3 is 0 Å². The lowest BCUT2D eigenvalue weighted by Gasteiger charge is -2.45. The molecule has 68 heavy (non-hydrogen) atoms. The van der Waals surface area contributed by atoms with Gasteiger partial charge in [-0.1, -0.05) is 203 Å². The van der Waals surface area contributed by atoms with E-state index in [0.717, 1.165) is 11.4 Å². The van der Waals surface area contributed by atoms with Crippen molar-refractivity contribution in [2.75, 3.05) is 9.80 Å². The van der Waals surface area contributed by atoms with Crippen LogP contribution in [-0.4, -0.2) is 6.71 Å². The number of anilines is 6. The van der Waals surface area contributed by atoms with Gasteiger partial charge in [0, 0.05) is 34.1 Å². The highest BCUT2D eigenvalue weighted by molar-refractivity contribution is 7.00. The number of rotatable bonds is 4. The van der Waals surface area contributed by atoms with Gasteiger partial charge in [0.25, 0.3) is 6.71 Å². The van der Waals surface area contributed by atoms with Gasteiger partial charge in [0.15, 0.2) is 0 Å². The summed E-state index contributed by atoms with van der Waals surface area (Å²) in [5.41, 5.74) is 27.4. The molecule has 0 aromatic heterocycles. The first-order valence-electron chi connectivity index (χ1n) is 24.0. The third-order valence-corrected chi connectivity index (χ3v) is 15.4. The molecule has 0 radical (unpaired) electrons. The van der Waals surface area contributed by atoms with Gasteiger partial charge < -0.3 is 9.80 Å². The van der Waals surface area contributed by atoms with Crippen LogP contribution in [0.2, 0.25) is 0 Å². The summed E-state index contributed by atoms with van der Waals surface area (Å²) in [5, 5.41) is 0. The first kappa shape index (κ1) is 39.1. The summed E-state index contributed by atoms with van der Waals surface area (Å²) in [5.74, 6) is 0. The minimum absolute atomic E-state index is 0.0137. The molecule has 320 valence electrons. The summed E-state index contributed by atoms with van der Waals surface area (Å²) in [6.45, 7) is 7.08. The standard InChI is InChI=1S/C65H47BN2/c1-64(2,3)46-39-61-63-62(40-46)68(47-24-18-23-44(37-47)42-19-6-4-7-20-42)60-38-45(43-21-8-5-9-22-43)33-36-58(60)66(63)57-31-16-17-32-59(57)67(61)48-34-35-56-52(41-48)51-27-12-15-30-55(51)65(56)53-28-13-10-25-49(53)50-26-11-14-29-54(50)65/h4-41H,1-3H3. The minimum atomic E-state index is -0.398. The van der Waals surface area contributed by atoms with Gasteiger partial charge in [-0.15, -0.1) is 0 Å². The monoisotopic (exact) mass is 866 g/mol. The number of nitrogens with zero attached hydrogens (tertiary/aromatic N) is 2. The van der Waals surface area contributed by atoms with Crippen LogP contribution in [0.3, 0.4) is 0 Å². The average molecular weight is 867 g/mol. The van der Waals surface area contributed by atoms with Crippen molar-refractivity contribution in [2.45, 2.75) is 31.6 Å². The first-order chi connectivity index (χ1) is 33.4. The summed E-state index contributed by atoms with van der Waals surface area (Å²) < 4.78 is 0. The van der Waals surface area contributed by atoms with E-state index in [4.69, 9.17) is 0 Å². The highest BCUT2D eigenvalue weighted by Gasteiger charge is 2.52.